The van der Waals surface area contributed by atoms with Gasteiger partial charge in [0.05, 0.1) is 13.0 Å². The first kappa shape index (κ1) is 13.2. The van der Waals surface area contributed by atoms with Crippen LogP contribution in [0.15, 0.2) is 30.3 Å². The molecule has 3 N–H and O–H groups in total. The molecule has 0 saturated heterocycles. The highest BCUT2D eigenvalue weighted by Gasteiger charge is 2.10. The molecule has 5 nitrogen and oxygen atoms in total. The lowest BCUT2D eigenvalue weighted by molar-refractivity contribution is -0.137. The van der Waals surface area contributed by atoms with E-state index in [-0.39, 0.29) is 13.0 Å². The van der Waals surface area contributed by atoms with Crippen LogP contribution in [0, 0.1) is 0 Å². The Morgan fingerprint density at radius 1 is 1.24 bits per heavy atom. The van der Waals surface area contributed by atoms with Crippen LogP contribution in [0.3, 0.4) is 0 Å². The Balaban J connectivity index is 2.56. The number of hydrogen-bond donors (Lipinski definition) is 2. The number of amides is 1. The van der Waals surface area contributed by atoms with Gasteiger partial charge in [-0.05, 0) is 5.56 Å². The Morgan fingerprint density at radius 3 is 2.41 bits per heavy atom. The van der Waals surface area contributed by atoms with Crippen molar-refractivity contribution in [2.75, 3.05) is 13.1 Å². The van der Waals surface area contributed by atoms with Crippen molar-refractivity contribution >= 4 is 11.9 Å². The number of carboxylic acids is 1. The summed E-state index contributed by atoms with van der Waals surface area (Å²) in [5.41, 5.74) is 6.15. The molecule has 1 aromatic carbocycles. The topological polar surface area (TPSA) is 83.6 Å². The summed E-state index contributed by atoms with van der Waals surface area (Å²) < 4.78 is 0. The molecule has 0 spiro atoms. The lowest BCUT2D eigenvalue weighted by Gasteiger charge is -2.19. The minimum absolute atomic E-state index is 0.000113. The second-order valence-electron chi connectivity index (χ2n) is 3.81. The molecule has 0 saturated carbocycles. The number of rotatable bonds is 7. The predicted molar refractivity (Wildman–Crippen MR) is 63.2 cm³/mol. The first-order valence-corrected chi connectivity index (χ1v) is 5.34. The standard InChI is InChI=1S/C12H16N2O3/c13-11(15)9-14(7-6-12(16)17)8-10-4-2-1-3-5-10/h1-5H,6-9H2,(H2,13,15)(H,16,17). The van der Waals surface area contributed by atoms with Crippen molar-refractivity contribution in [3.05, 3.63) is 35.9 Å². The van der Waals surface area contributed by atoms with E-state index in [1.807, 2.05) is 30.3 Å². The van der Waals surface area contributed by atoms with Crippen molar-refractivity contribution in [1.29, 1.82) is 0 Å². The summed E-state index contributed by atoms with van der Waals surface area (Å²) in [6, 6.07) is 9.55. The molecule has 17 heavy (non-hydrogen) atoms. The minimum Gasteiger partial charge on any atom is -0.481 e. The lowest BCUT2D eigenvalue weighted by atomic mass is 10.2. The molecule has 0 aromatic heterocycles. The van der Waals surface area contributed by atoms with E-state index in [0.717, 1.165) is 5.56 Å². The third-order valence-electron chi connectivity index (χ3n) is 2.27. The van der Waals surface area contributed by atoms with Crippen LogP contribution in [0.4, 0.5) is 0 Å². The molecule has 0 aliphatic carbocycles. The number of aliphatic carboxylic acids is 1. The number of benzene rings is 1. The van der Waals surface area contributed by atoms with Crippen molar-refractivity contribution < 1.29 is 14.7 Å². The van der Waals surface area contributed by atoms with Gasteiger partial charge < -0.3 is 10.8 Å². The van der Waals surface area contributed by atoms with Crippen LogP contribution in [0.25, 0.3) is 0 Å². The number of carboxylic acid groups (broad SMARTS) is 1. The van der Waals surface area contributed by atoms with Crippen LogP contribution in [-0.2, 0) is 16.1 Å². The fourth-order valence-corrected chi connectivity index (χ4v) is 1.53. The average molecular weight is 236 g/mol. The molecule has 92 valence electrons. The van der Waals surface area contributed by atoms with E-state index in [2.05, 4.69) is 0 Å². The molecule has 0 aliphatic rings. The Kier molecular flexibility index (Phi) is 5.16. The van der Waals surface area contributed by atoms with E-state index in [1.54, 1.807) is 4.90 Å². The third kappa shape index (κ3) is 5.67. The second kappa shape index (κ2) is 6.65. The number of primary amides is 1. The molecule has 0 aliphatic heterocycles. The molecule has 1 amide bonds. The molecule has 1 rings (SSSR count). The molecule has 0 unspecified atom stereocenters. The maximum absolute atomic E-state index is 10.9. The molecule has 0 fully saturated rings. The summed E-state index contributed by atoms with van der Waals surface area (Å²) in [6.07, 6.45) is 0.000113. The number of carbonyl (C=O) groups excluding carboxylic acids is 1. The van der Waals surface area contributed by atoms with Gasteiger partial charge in [0.15, 0.2) is 0 Å². The summed E-state index contributed by atoms with van der Waals surface area (Å²) in [5.74, 6) is -1.33. The second-order valence-corrected chi connectivity index (χ2v) is 3.81. The van der Waals surface area contributed by atoms with Crippen LogP contribution in [0.2, 0.25) is 0 Å². The molecule has 0 atom stereocenters. The van der Waals surface area contributed by atoms with Crippen molar-refractivity contribution in [3.63, 3.8) is 0 Å². The zero-order valence-electron chi connectivity index (χ0n) is 9.50. The van der Waals surface area contributed by atoms with E-state index in [1.165, 1.54) is 0 Å². The van der Waals surface area contributed by atoms with Gasteiger partial charge in [-0.25, -0.2) is 0 Å². The van der Waals surface area contributed by atoms with E-state index < -0.39 is 11.9 Å². The zero-order chi connectivity index (χ0) is 12.7. The highest BCUT2D eigenvalue weighted by atomic mass is 16.4. The van der Waals surface area contributed by atoms with Gasteiger partial charge in [-0.15, -0.1) is 0 Å². The van der Waals surface area contributed by atoms with Gasteiger partial charge >= 0.3 is 5.97 Å². The van der Waals surface area contributed by atoms with Crippen molar-refractivity contribution in [2.24, 2.45) is 5.73 Å². The monoisotopic (exact) mass is 236 g/mol. The SMILES string of the molecule is NC(=O)CN(CCC(=O)O)Cc1ccccc1. The van der Waals surface area contributed by atoms with Crippen molar-refractivity contribution in [3.8, 4) is 0 Å². The van der Waals surface area contributed by atoms with Crippen molar-refractivity contribution in [1.82, 2.24) is 4.90 Å². The van der Waals surface area contributed by atoms with Crippen LogP contribution in [0.1, 0.15) is 12.0 Å². The number of nitrogens with zero attached hydrogens (tertiary/aromatic N) is 1. The Labute approximate surface area is 99.8 Å². The summed E-state index contributed by atoms with van der Waals surface area (Å²) in [6.45, 7) is 0.909. The molecule has 0 bridgehead atoms. The quantitative estimate of drug-likeness (QED) is 0.720. The smallest absolute Gasteiger partial charge is 0.304 e. The highest BCUT2D eigenvalue weighted by molar-refractivity contribution is 5.76. The summed E-state index contributed by atoms with van der Waals surface area (Å²) in [5, 5.41) is 8.62. The minimum atomic E-state index is -0.882. The van der Waals surface area contributed by atoms with Crippen molar-refractivity contribution in [2.45, 2.75) is 13.0 Å². The predicted octanol–water partition coefficient (Wildman–Crippen LogP) is 0.449. The molecular formula is C12H16N2O3. The largest absolute Gasteiger partial charge is 0.481 e. The van der Waals surface area contributed by atoms with E-state index in [9.17, 15) is 9.59 Å². The summed E-state index contributed by atoms with van der Waals surface area (Å²) in [7, 11) is 0. The van der Waals surface area contributed by atoms with Crippen LogP contribution >= 0.6 is 0 Å². The molecular weight excluding hydrogens is 220 g/mol. The number of hydrogen-bond acceptors (Lipinski definition) is 3. The number of carbonyl (C=O) groups is 2. The van der Waals surface area contributed by atoms with E-state index in [4.69, 9.17) is 10.8 Å². The summed E-state index contributed by atoms with van der Waals surface area (Å²) >= 11 is 0. The Morgan fingerprint density at radius 2 is 1.88 bits per heavy atom. The molecule has 1 aromatic rings. The first-order chi connectivity index (χ1) is 8.08. The molecule has 0 heterocycles. The first-order valence-electron chi connectivity index (χ1n) is 5.34. The average Bonchev–Trinajstić information content (AvgIpc) is 2.26. The van der Waals surface area contributed by atoms with Gasteiger partial charge in [-0.3, -0.25) is 14.5 Å². The molecule has 0 radical (unpaired) electrons. The zero-order valence-corrected chi connectivity index (χ0v) is 9.50. The van der Waals surface area contributed by atoms with Gasteiger partial charge in [0.25, 0.3) is 0 Å². The third-order valence-corrected chi connectivity index (χ3v) is 2.27. The molecule has 5 heteroatoms. The van der Waals surface area contributed by atoms with Gasteiger partial charge in [-0.2, -0.15) is 0 Å². The van der Waals surface area contributed by atoms with E-state index >= 15 is 0 Å². The lowest BCUT2D eigenvalue weighted by Crippen LogP contribution is -2.34. The van der Waals surface area contributed by atoms with Gasteiger partial charge in [0, 0.05) is 13.1 Å². The Hall–Kier alpha value is -1.88. The van der Waals surface area contributed by atoms with E-state index in [0.29, 0.717) is 13.1 Å². The normalized spacial score (nSPS) is 10.4. The highest BCUT2D eigenvalue weighted by Crippen LogP contribution is 2.04. The van der Waals surface area contributed by atoms with Crippen LogP contribution < -0.4 is 5.73 Å². The van der Waals surface area contributed by atoms with Gasteiger partial charge in [-0.1, -0.05) is 30.3 Å². The fourth-order valence-electron chi connectivity index (χ4n) is 1.53. The maximum atomic E-state index is 10.9. The fraction of sp³-hybridized carbons (Fsp3) is 0.333. The van der Waals surface area contributed by atoms with Gasteiger partial charge in [0.1, 0.15) is 0 Å². The summed E-state index contributed by atoms with van der Waals surface area (Å²) in [4.78, 5) is 23.1. The maximum Gasteiger partial charge on any atom is 0.304 e. The van der Waals surface area contributed by atoms with Crippen LogP contribution in [0.5, 0.6) is 0 Å². The Bertz CT molecular complexity index is 379. The van der Waals surface area contributed by atoms with Crippen LogP contribution in [-0.4, -0.2) is 35.0 Å². The number of nitrogens with two attached hydrogens (primary N) is 1. The van der Waals surface area contributed by atoms with Gasteiger partial charge in [0.2, 0.25) is 5.91 Å².